The number of methoxy groups -OCH3 is 1. The van der Waals surface area contributed by atoms with Gasteiger partial charge in [-0.05, 0) is 16.7 Å². The van der Waals surface area contributed by atoms with Crippen LogP contribution in [0.5, 0.6) is 0 Å². The molecule has 0 radical (unpaired) electrons. The zero-order chi connectivity index (χ0) is 22.9. The summed E-state index contributed by atoms with van der Waals surface area (Å²) in [5.74, 6) is -2.36. The first-order valence-corrected chi connectivity index (χ1v) is 12.4. The van der Waals surface area contributed by atoms with Crippen LogP contribution in [-0.4, -0.2) is 84.4 Å². The number of ether oxygens (including phenoxy) is 1. The first-order valence-electron chi connectivity index (χ1n) is 9.51. The molecule has 1 amide bonds. The highest BCUT2D eigenvalue weighted by molar-refractivity contribution is 8.00. The average Bonchev–Trinajstić information content (AvgIpc) is 3.44. The SMILES string of the molecule is COC(=O)Cn1nnc(SCC2(C(=O)O)CS[C@@H]3C(C(=O)Cc4cccs4)C(=O)N3C2)n1. The fourth-order valence-electron chi connectivity index (χ4n) is 3.50. The van der Waals surface area contributed by atoms with E-state index in [4.69, 9.17) is 0 Å². The molecule has 11 nitrogen and oxygen atoms in total. The van der Waals surface area contributed by atoms with Gasteiger partial charge in [-0.25, -0.2) is 4.79 Å². The minimum Gasteiger partial charge on any atom is -0.481 e. The van der Waals surface area contributed by atoms with Gasteiger partial charge in [0.05, 0.1) is 12.5 Å². The third-order valence-electron chi connectivity index (χ3n) is 5.28. The van der Waals surface area contributed by atoms with Crippen LogP contribution in [0, 0.1) is 11.3 Å². The summed E-state index contributed by atoms with van der Waals surface area (Å²) in [6.45, 7) is -0.181. The van der Waals surface area contributed by atoms with Crippen LogP contribution in [0.15, 0.2) is 22.7 Å². The number of ketones is 1. The number of hydrogen-bond acceptors (Lipinski definition) is 11. The van der Waals surface area contributed by atoms with Gasteiger partial charge in [-0.2, -0.15) is 4.80 Å². The number of thiophene rings is 1. The van der Waals surface area contributed by atoms with E-state index in [0.717, 1.165) is 21.4 Å². The number of esters is 1. The molecule has 2 saturated heterocycles. The second-order valence-corrected chi connectivity index (χ2v) is 10.5. The molecule has 2 fully saturated rings. The Balaban J connectivity index is 1.38. The molecule has 4 heterocycles. The topological polar surface area (TPSA) is 145 Å². The van der Waals surface area contributed by atoms with Crippen molar-refractivity contribution in [3.63, 3.8) is 0 Å². The first-order chi connectivity index (χ1) is 15.3. The number of carboxylic acids is 1. The molecule has 0 aliphatic carbocycles. The Bertz CT molecular complexity index is 1040. The number of carbonyl (C=O) groups is 4. The number of fused-ring (bicyclic) bond motifs is 1. The molecule has 170 valence electrons. The fraction of sp³-hybridized carbons (Fsp3) is 0.500. The van der Waals surface area contributed by atoms with Gasteiger partial charge in [-0.15, -0.1) is 33.3 Å². The predicted octanol–water partition coefficient (Wildman–Crippen LogP) is 0.414. The van der Waals surface area contributed by atoms with Gasteiger partial charge in [0.1, 0.15) is 11.3 Å². The van der Waals surface area contributed by atoms with Crippen LogP contribution in [0.4, 0.5) is 0 Å². The highest BCUT2D eigenvalue weighted by Gasteiger charge is 2.59. The third kappa shape index (κ3) is 4.38. The van der Waals surface area contributed by atoms with Gasteiger partial charge in [0.2, 0.25) is 11.1 Å². The Labute approximate surface area is 194 Å². The van der Waals surface area contributed by atoms with E-state index in [2.05, 4.69) is 20.1 Å². The highest BCUT2D eigenvalue weighted by Crippen LogP contribution is 2.47. The predicted molar refractivity (Wildman–Crippen MR) is 115 cm³/mol. The lowest BCUT2D eigenvalue weighted by Crippen LogP contribution is -2.68. The van der Waals surface area contributed by atoms with Crippen molar-refractivity contribution in [3.8, 4) is 0 Å². The van der Waals surface area contributed by atoms with E-state index in [1.54, 1.807) is 0 Å². The first kappa shape index (κ1) is 22.7. The monoisotopic (exact) mass is 497 g/mol. The molecule has 1 N–H and O–H groups in total. The number of thioether (sulfide) groups is 2. The lowest BCUT2D eigenvalue weighted by Gasteiger charge is -2.53. The maximum Gasteiger partial charge on any atom is 0.329 e. The average molecular weight is 498 g/mol. The van der Waals surface area contributed by atoms with E-state index in [1.807, 2.05) is 17.5 Å². The molecule has 2 aliphatic rings. The zero-order valence-corrected chi connectivity index (χ0v) is 19.3. The number of rotatable bonds is 9. The van der Waals surface area contributed by atoms with Gasteiger partial charge in [-0.3, -0.25) is 14.4 Å². The number of tetrazole rings is 1. The zero-order valence-electron chi connectivity index (χ0n) is 16.9. The van der Waals surface area contributed by atoms with Gasteiger partial charge >= 0.3 is 11.9 Å². The molecule has 3 atom stereocenters. The molecular weight excluding hydrogens is 478 g/mol. The number of Topliss-reactive ketones (excluding diaryl/α,β-unsaturated/α-hetero) is 1. The summed E-state index contributed by atoms with van der Waals surface area (Å²) in [7, 11) is 1.25. The Morgan fingerprint density at radius 1 is 1.41 bits per heavy atom. The summed E-state index contributed by atoms with van der Waals surface area (Å²) in [6, 6.07) is 3.72. The standard InChI is InChI=1S/C18H19N5O6S3/c1-29-12(25)6-23-20-17(19-21-23)32-9-18(16(27)28)7-22-14(26)13(15(22)31-8-18)11(24)5-10-3-2-4-30-10/h2-4,13,15H,5-9H2,1H3,(H,27,28)/t13?,15-,18?/m1/s1. The van der Waals surface area contributed by atoms with E-state index < -0.39 is 23.3 Å². The van der Waals surface area contributed by atoms with Crippen molar-refractivity contribution in [3.05, 3.63) is 22.4 Å². The van der Waals surface area contributed by atoms with Crippen LogP contribution in [0.2, 0.25) is 0 Å². The van der Waals surface area contributed by atoms with E-state index in [1.165, 1.54) is 35.1 Å². The van der Waals surface area contributed by atoms with Crippen molar-refractivity contribution in [1.29, 1.82) is 0 Å². The molecule has 32 heavy (non-hydrogen) atoms. The molecule has 0 bridgehead atoms. The number of β-lactam (4-membered cyclic amide) rings is 1. The van der Waals surface area contributed by atoms with Crippen LogP contribution in [-0.2, 0) is 36.9 Å². The van der Waals surface area contributed by atoms with E-state index in [-0.39, 0.29) is 53.2 Å². The number of hydrogen-bond donors (Lipinski definition) is 1. The van der Waals surface area contributed by atoms with Gasteiger partial charge < -0.3 is 14.7 Å². The molecule has 14 heteroatoms. The van der Waals surface area contributed by atoms with Crippen LogP contribution < -0.4 is 0 Å². The summed E-state index contributed by atoms with van der Waals surface area (Å²) in [5.41, 5.74) is -1.21. The third-order valence-corrected chi connectivity index (χ3v) is 8.87. The largest absolute Gasteiger partial charge is 0.481 e. The fourth-order valence-corrected chi connectivity index (χ4v) is 6.94. The lowest BCUT2D eigenvalue weighted by atomic mass is 9.85. The van der Waals surface area contributed by atoms with Crippen molar-refractivity contribution < 1.29 is 29.0 Å². The Hall–Kier alpha value is -2.45. The number of nitrogens with zero attached hydrogens (tertiary/aromatic N) is 5. The summed E-state index contributed by atoms with van der Waals surface area (Å²) < 4.78 is 4.54. The Kier molecular flexibility index (Phi) is 6.53. The number of amides is 1. The molecular formula is C18H19N5O6S3. The molecule has 2 aliphatic heterocycles. The van der Waals surface area contributed by atoms with E-state index in [0.29, 0.717) is 0 Å². The van der Waals surface area contributed by atoms with Crippen LogP contribution in [0.25, 0.3) is 0 Å². The number of carbonyl (C=O) groups excluding carboxylic acids is 3. The van der Waals surface area contributed by atoms with Crippen molar-refractivity contribution in [2.45, 2.75) is 23.5 Å². The van der Waals surface area contributed by atoms with Crippen LogP contribution in [0.1, 0.15) is 4.88 Å². The van der Waals surface area contributed by atoms with E-state index >= 15 is 0 Å². The molecule has 2 aromatic heterocycles. The second kappa shape index (κ2) is 9.19. The van der Waals surface area contributed by atoms with Crippen molar-refractivity contribution >= 4 is 58.5 Å². The molecule has 0 saturated carbocycles. The van der Waals surface area contributed by atoms with Gasteiger partial charge in [0.15, 0.2) is 12.3 Å². The second-order valence-electron chi connectivity index (χ2n) is 7.42. The van der Waals surface area contributed by atoms with Crippen LogP contribution in [0.3, 0.4) is 0 Å². The van der Waals surface area contributed by atoms with Gasteiger partial charge in [0.25, 0.3) is 0 Å². The summed E-state index contributed by atoms with van der Waals surface area (Å²) in [6.07, 6.45) is 0.214. The normalized spacial score (nSPS) is 24.5. The van der Waals surface area contributed by atoms with Gasteiger partial charge in [0, 0.05) is 29.3 Å². The molecule has 0 aromatic carbocycles. The summed E-state index contributed by atoms with van der Waals surface area (Å²) in [5, 5.41) is 23.3. The molecule has 0 spiro atoms. The summed E-state index contributed by atoms with van der Waals surface area (Å²) in [4.78, 5) is 52.2. The van der Waals surface area contributed by atoms with Gasteiger partial charge in [-0.1, -0.05) is 17.8 Å². The Morgan fingerprint density at radius 3 is 2.91 bits per heavy atom. The maximum absolute atomic E-state index is 12.7. The van der Waals surface area contributed by atoms with Crippen molar-refractivity contribution in [2.75, 3.05) is 25.2 Å². The number of carboxylic acid groups (broad SMARTS) is 1. The van der Waals surface area contributed by atoms with Crippen LogP contribution >= 0.6 is 34.9 Å². The van der Waals surface area contributed by atoms with Crippen molar-refractivity contribution in [1.82, 2.24) is 25.1 Å². The van der Waals surface area contributed by atoms with Crippen molar-refractivity contribution in [2.24, 2.45) is 11.3 Å². The minimum absolute atomic E-state index is 0.0188. The molecule has 2 unspecified atom stereocenters. The minimum atomic E-state index is -1.21. The quantitative estimate of drug-likeness (QED) is 0.223. The number of aromatic nitrogens is 4. The van der Waals surface area contributed by atoms with E-state index in [9.17, 15) is 24.3 Å². The highest BCUT2D eigenvalue weighted by atomic mass is 32.2. The summed E-state index contributed by atoms with van der Waals surface area (Å²) >= 11 is 3.89. The smallest absolute Gasteiger partial charge is 0.329 e. The molecule has 4 rings (SSSR count). The Morgan fingerprint density at radius 2 is 2.22 bits per heavy atom. The molecule has 2 aromatic rings. The lowest BCUT2D eigenvalue weighted by molar-refractivity contribution is -0.161. The number of aliphatic carboxylic acids is 1. The maximum atomic E-state index is 12.7.